The SMILES string of the molecule is CCC(C)OC(=O)C(C(=O)O)c1cc(Cl)ccc1[N+](=O)[O-]. The Morgan fingerprint density at radius 2 is 2.10 bits per heavy atom. The van der Waals surface area contributed by atoms with Gasteiger partial charge in [-0.25, -0.2) is 0 Å². The van der Waals surface area contributed by atoms with E-state index < -0.39 is 34.6 Å². The second kappa shape index (κ2) is 7.03. The molecule has 21 heavy (non-hydrogen) atoms. The largest absolute Gasteiger partial charge is 0.480 e. The van der Waals surface area contributed by atoms with Crippen LogP contribution in [-0.4, -0.2) is 28.1 Å². The van der Waals surface area contributed by atoms with Gasteiger partial charge in [0.1, 0.15) is 0 Å². The van der Waals surface area contributed by atoms with Crippen molar-refractivity contribution in [3.63, 3.8) is 0 Å². The van der Waals surface area contributed by atoms with Crippen molar-refractivity contribution in [1.82, 2.24) is 0 Å². The van der Waals surface area contributed by atoms with Gasteiger partial charge in [-0.1, -0.05) is 18.5 Å². The van der Waals surface area contributed by atoms with Crippen molar-refractivity contribution < 1.29 is 24.4 Å². The van der Waals surface area contributed by atoms with E-state index in [9.17, 15) is 24.8 Å². The van der Waals surface area contributed by atoms with Gasteiger partial charge in [0.2, 0.25) is 0 Å². The minimum atomic E-state index is -1.79. The van der Waals surface area contributed by atoms with Gasteiger partial charge in [0.25, 0.3) is 5.69 Å². The summed E-state index contributed by atoms with van der Waals surface area (Å²) in [6, 6.07) is 3.41. The monoisotopic (exact) mass is 315 g/mol. The van der Waals surface area contributed by atoms with Crippen molar-refractivity contribution in [2.45, 2.75) is 32.3 Å². The molecule has 114 valence electrons. The number of rotatable bonds is 6. The summed E-state index contributed by atoms with van der Waals surface area (Å²) >= 11 is 5.74. The predicted molar refractivity (Wildman–Crippen MR) is 74.3 cm³/mol. The molecule has 1 aromatic carbocycles. The predicted octanol–water partition coefficient (Wildman–Crippen LogP) is 2.76. The number of nitrogens with zero attached hydrogens (tertiary/aromatic N) is 1. The molecule has 0 saturated carbocycles. The fourth-order valence-electron chi connectivity index (χ4n) is 1.63. The second-order valence-corrected chi connectivity index (χ2v) is 4.82. The summed E-state index contributed by atoms with van der Waals surface area (Å²) in [5.41, 5.74) is -0.791. The molecule has 1 aromatic rings. The molecule has 2 unspecified atom stereocenters. The molecule has 0 aliphatic heterocycles. The van der Waals surface area contributed by atoms with Gasteiger partial charge in [-0.15, -0.1) is 0 Å². The molecule has 0 bridgehead atoms. The average molecular weight is 316 g/mol. The molecule has 1 rings (SSSR count). The number of carboxylic acids is 1. The number of halogens is 1. The van der Waals surface area contributed by atoms with Crippen molar-refractivity contribution in [3.8, 4) is 0 Å². The van der Waals surface area contributed by atoms with Crippen molar-refractivity contribution in [2.75, 3.05) is 0 Å². The van der Waals surface area contributed by atoms with E-state index >= 15 is 0 Å². The van der Waals surface area contributed by atoms with E-state index in [4.69, 9.17) is 16.3 Å². The quantitative estimate of drug-likeness (QED) is 0.374. The molecule has 0 spiro atoms. The van der Waals surface area contributed by atoms with Crippen LogP contribution >= 0.6 is 11.6 Å². The van der Waals surface area contributed by atoms with Gasteiger partial charge in [-0.2, -0.15) is 0 Å². The lowest BCUT2D eigenvalue weighted by atomic mass is 9.97. The van der Waals surface area contributed by atoms with Crippen molar-refractivity contribution in [1.29, 1.82) is 0 Å². The molecule has 1 N–H and O–H groups in total. The van der Waals surface area contributed by atoms with E-state index in [-0.39, 0.29) is 10.6 Å². The van der Waals surface area contributed by atoms with Crippen LogP contribution in [0.15, 0.2) is 18.2 Å². The number of carboxylic acid groups (broad SMARTS) is 1. The number of aliphatic carboxylic acids is 1. The third-order valence-electron chi connectivity index (χ3n) is 2.87. The first-order valence-electron chi connectivity index (χ1n) is 6.15. The van der Waals surface area contributed by atoms with Gasteiger partial charge in [-0.3, -0.25) is 19.7 Å². The Hall–Kier alpha value is -2.15. The highest BCUT2D eigenvalue weighted by atomic mass is 35.5. The summed E-state index contributed by atoms with van der Waals surface area (Å²) < 4.78 is 4.97. The normalized spacial score (nSPS) is 13.3. The first-order chi connectivity index (χ1) is 9.77. The van der Waals surface area contributed by atoms with Crippen LogP contribution in [0.2, 0.25) is 5.02 Å². The summed E-state index contributed by atoms with van der Waals surface area (Å²) in [5.74, 6) is -4.38. The van der Waals surface area contributed by atoms with Crippen LogP contribution in [-0.2, 0) is 14.3 Å². The molecule has 2 atom stereocenters. The van der Waals surface area contributed by atoms with Crippen molar-refractivity contribution in [2.24, 2.45) is 0 Å². The molecule has 0 aliphatic carbocycles. The Kier molecular flexibility index (Phi) is 5.66. The third kappa shape index (κ3) is 4.16. The number of esters is 1. The summed E-state index contributed by atoms with van der Waals surface area (Å²) in [4.78, 5) is 33.5. The molecule has 0 saturated heterocycles. The van der Waals surface area contributed by atoms with Gasteiger partial charge >= 0.3 is 11.9 Å². The number of nitro benzene ring substituents is 1. The topological polar surface area (TPSA) is 107 Å². The maximum Gasteiger partial charge on any atom is 0.325 e. The van der Waals surface area contributed by atoms with E-state index in [1.165, 1.54) is 6.07 Å². The zero-order valence-corrected chi connectivity index (χ0v) is 12.2. The highest BCUT2D eigenvalue weighted by molar-refractivity contribution is 6.30. The molecule has 0 fully saturated rings. The maximum absolute atomic E-state index is 12.0. The highest BCUT2D eigenvalue weighted by Gasteiger charge is 2.36. The van der Waals surface area contributed by atoms with Crippen LogP contribution in [0.25, 0.3) is 0 Å². The number of hydrogen-bond acceptors (Lipinski definition) is 5. The van der Waals surface area contributed by atoms with Gasteiger partial charge in [0.05, 0.1) is 16.6 Å². The Labute approximate surface area is 125 Å². The zero-order chi connectivity index (χ0) is 16.2. The van der Waals surface area contributed by atoms with E-state index in [0.29, 0.717) is 6.42 Å². The summed E-state index contributed by atoms with van der Waals surface area (Å²) in [5, 5.41) is 20.3. The van der Waals surface area contributed by atoms with Crippen LogP contribution in [0.5, 0.6) is 0 Å². The fraction of sp³-hybridized carbons (Fsp3) is 0.385. The Morgan fingerprint density at radius 1 is 1.48 bits per heavy atom. The first kappa shape index (κ1) is 16.9. The lowest BCUT2D eigenvalue weighted by molar-refractivity contribution is -0.385. The first-order valence-corrected chi connectivity index (χ1v) is 6.52. The van der Waals surface area contributed by atoms with E-state index in [0.717, 1.165) is 12.1 Å². The number of benzene rings is 1. The fourth-order valence-corrected chi connectivity index (χ4v) is 1.81. The zero-order valence-electron chi connectivity index (χ0n) is 11.4. The molecular formula is C13H14ClNO6. The number of carbonyl (C=O) groups is 2. The Bertz CT molecular complexity index is 574. The van der Waals surface area contributed by atoms with Crippen LogP contribution < -0.4 is 0 Å². The molecular weight excluding hydrogens is 302 g/mol. The molecule has 0 aliphatic rings. The summed E-state index contributed by atoms with van der Waals surface area (Å²) in [6.07, 6.45) is 0.00741. The van der Waals surface area contributed by atoms with Crippen LogP contribution in [0.3, 0.4) is 0 Å². The minimum absolute atomic E-state index is 0.0955. The minimum Gasteiger partial charge on any atom is -0.480 e. The smallest absolute Gasteiger partial charge is 0.325 e. The summed E-state index contributed by atoms with van der Waals surface area (Å²) in [6.45, 7) is 3.36. The highest BCUT2D eigenvalue weighted by Crippen LogP contribution is 2.31. The molecule has 8 heteroatoms. The Balaban J connectivity index is 3.29. The number of hydrogen-bond donors (Lipinski definition) is 1. The standard InChI is InChI=1S/C13H14ClNO6/c1-3-7(2)21-13(18)11(12(16)17)9-6-8(14)4-5-10(9)15(19)20/h4-7,11H,3H2,1-2H3,(H,16,17). The van der Waals surface area contributed by atoms with Gasteiger partial charge in [0, 0.05) is 11.1 Å². The van der Waals surface area contributed by atoms with Crippen LogP contribution in [0.4, 0.5) is 5.69 Å². The van der Waals surface area contributed by atoms with E-state index in [2.05, 4.69) is 0 Å². The molecule has 0 heterocycles. The number of carbonyl (C=O) groups excluding carboxylic acids is 1. The molecule has 0 aromatic heterocycles. The second-order valence-electron chi connectivity index (χ2n) is 4.39. The molecule has 0 amide bonds. The van der Waals surface area contributed by atoms with Gasteiger partial charge < -0.3 is 9.84 Å². The van der Waals surface area contributed by atoms with E-state index in [1.807, 2.05) is 0 Å². The number of ether oxygens (including phenoxy) is 1. The lowest BCUT2D eigenvalue weighted by Crippen LogP contribution is -2.27. The summed E-state index contributed by atoms with van der Waals surface area (Å²) in [7, 11) is 0. The van der Waals surface area contributed by atoms with Crippen LogP contribution in [0, 0.1) is 10.1 Å². The number of nitro groups is 1. The Morgan fingerprint density at radius 3 is 2.57 bits per heavy atom. The maximum atomic E-state index is 12.0. The third-order valence-corrected chi connectivity index (χ3v) is 3.11. The average Bonchev–Trinajstić information content (AvgIpc) is 2.37. The molecule has 0 radical (unpaired) electrons. The van der Waals surface area contributed by atoms with Crippen LogP contribution in [0.1, 0.15) is 31.7 Å². The van der Waals surface area contributed by atoms with E-state index in [1.54, 1.807) is 13.8 Å². The van der Waals surface area contributed by atoms with Crippen molar-refractivity contribution in [3.05, 3.63) is 38.9 Å². The lowest BCUT2D eigenvalue weighted by Gasteiger charge is -2.16. The van der Waals surface area contributed by atoms with Gasteiger partial charge in [0.15, 0.2) is 5.92 Å². The van der Waals surface area contributed by atoms with Crippen molar-refractivity contribution >= 4 is 29.2 Å². The van der Waals surface area contributed by atoms with Gasteiger partial charge in [-0.05, 0) is 25.5 Å². The molecule has 7 nitrogen and oxygen atoms in total.